The lowest BCUT2D eigenvalue weighted by atomic mass is 10.0. The molecule has 1 aromatic heterocycles. The van der Waals surface area contributed by atoms with E-state index in [-0.39, 0.29) is 0 Å². The summed E-state index contributed by atoms with van der Waals surface area (Å²) in [5.74, 6) is 0. The van der Waals surface area contributed by atoms with E-state index in [9.17, 15) is 0 Å². The van der Waals surface area contributed by atoms with E-state index in [2.05, 4.69) is 18.2 Å². The molecule has 0 bridgehead atoms. The fourth-order valence-corrected chi connectivity index (χ4v) is 2.28. The van der Waals surface area contributed by atoms with Crippen molar-refractivity contribution in [3.05, 3.63) is 18.0 Å². The molecular formula is C15H29N3. The Hall–Kier alpha value is -0.830. The van der Waals surface area contributed by atoms with E-state index in [1.54, 1.807) is 0 Å². The third kappa shape index (κ3) is 6.80. The summed E-state index contributed by atoms with van der Waals surface area (Å²) < 4.78 is 1.86. The molecule has 1 atom stereocenters. The van der Waals surface area contributed by atoms with Gasteiger partial charge in [-0.3, -0.25) is 4.68 Å². The van der Waals surface area contributed by atoms with E-state index in [1.807, 2.05) is 17.9 Å². The van der Waals surface area contributed by atoms with Crippen molar-refractivity contribution in [1.29, 1.82) is 0 Å². The van der Waals surface area contributed by atoms with E-state index in [0.29, 0.717) is 6.04 Å². The number of nitrogens with two attached hydrogens (primary N) is 1. The van der Waals surface area contributed by atoms with Gasteiger partial charge in [0.25, 0.3) is 0 Å². The molecule has 3 nitrogen and oxygen atoms in total. The summed E-state index contributed by atoms with van der Waals surface area (Å²) in [4.78, 5) is 0. The van der Waals surface area contributed by atoms with E-state index in [0.717, 1.165) is 12.8 Å². The molecule has 1 rings (SSSR count). The Bertz CT molecular complexity index is 306. The van der Waals surface area contributed by atoms with Crippen molar-refractivity contribution in [1.82, 2.24) is 9.78 Å². The van der Waals surface area contributed by atoms with Gasteiger partial charge in [0.2, 0.25) is 0 Å². The number of hydrogen-bond donors (Lipinski definition) is 1. The molecule has 0 spiro atoms. The summed E-state index contributed by atoms with van der Waals surface area (Å²) in [6.45, 7) is 2.26. The highest BCUT2D eigenvalue weighted by Gasteiger charge is 2.04. The third-order valence-electron chi connectivity index (χ3n) is 3.49. The quantitative estimate of drug-likeness (QED) is 0.647. The van der Waals surface area contributed by atoms with Gasteiger partial charge in [-0.1, -0.05) is 45.4 Å². The second-order valence-electron chi connectivity index (χ2n) is 5.38. The monoisotopic (exact) mass is 251 g/mol. The molecule has 0 saturated heterocycles. The molecule has 1 aromatic rings. The highest BCUT2D eigenvalue weighted by Crippen LogP contribution is 2.11. The molecule has 0 saturated carbocycles. The standard InChI is InChI=1S/C15H29N3/c1-3-4-5-6-7-8-9-15(16)11-10-14-12-17-18(2)13-14/h12-13,15H,3-11,16H2,1-2H3. The Kier molecular flexibility index (Phi) is 7.74. The highest BCUT2D eigenvalue weighted by molar-refractivity contribution is 5.03. The molecule has 104 valence electrons. The summed E-state index contributed by atoms with van der Waals surface area (Å²) in [7, 11) is 1.96. The molecule has 0 amide bonds. The maximum absolute atomic E-state index is 6.14. The first kappa shape index (κ1) is 15.2. The van der Waals surface area contributed by atoms with E-state index in [1.165, 1.54) is 50.5 Å². The van der Waals surface area contributed by atoms with Gasteiger partial charge < -0.3 is 5.73 Å². The third-order valence-corrected chi connectivity index (χ3v) is 3.49. The van der Waals surface area contributed by atoms with Gasteiger partial charge in [0.05, 0.1) is 6.20 Å². The summed E-state index contributed by atoms with van der Waals surface area (Å²) in [6.07, 6.45) is 15.5. The van der Waals surface area contributed by atoms with Crippen molar-refractivity contribution >= 4 is 0 Å². The average Bonchev–Trinajstić information content (AvgIpc) is 2.77. The molecule has 0 fully saturated rings. The lowest BCUT2D eigenvalue weighted by Gasteiger charge is -2.10. The molecule has 18 heavy (non-hydrogen) atoms. The molecule has 0 aromatic carbocycles. The van der Waals surface area contributed by atoms with Crippen LogP contribution in [0.3, 0.4) is 0 Å². The minimum atomic E-state index is 0.358. The van der Waals surface area contributed by atoms with Gasteiger partial charge in [-0.25, -0.2) is 0 Å². The first-order chi connectivity index (χ1) is 8.72. The zero-order valence-corrected chi connectivity index (χ0v) is 12.1. The van der Waals surface area contributed by atoms with Gasteiger partial charge >= 0.3 is 0 Å². The lowest BCUT2D eigenvalue weighted by Crippen LogP contribution is -2.20. The molecule has 0 radical (unpaired) electrons. The molecule has 2 N–H and O–H groups in total. The lowest BCUT2D eigenvalue weighted by molar-refractivity contribution is 0.512. The van der Waals surface area contributed by atoms with Crippen LogP contribution in [0.15, 0.2) is 12.4 Å². The van der Waals surface area contributed by atoms with Crippen molar-refractivity contribution < 1.29 is 0 Å². The fourth-order valence-electron chi connectivity index (χ4n) is 2.28. The van der Waals surface area contributed by atoms with Crippen LogP contribution in [0.5, 0.6) is 0 Å². The Balaban J connectivity index is 1.98. The Morgan fingerprint density at radius 1 is 1.17 bits per heavy atom. The van der Waals surface area contributed by atoms with Crippen LogP contribution in [-0.4, -0.2) is 15.8 Å². The van der Waals surface area contributed by atoms with Crippen LogP contribution in [0, 0.1) is 0 Å². The molecule has 1 unspecified atom stereocenters. The number of unbranched alkanes of at least 4 members (excludes halogenated alkanes) is 5. The summed E-state index contributed by atoms with van der Waals surface area (Å²) in [6, 6.07) is 0.358. The molecular weight excluding hydrogens is 222 g/mol. The van der Waals surface area contributed by atoms with Crippen LogP contribution < -0.4 is 5.73 Å². The van der Waals surface area contributed by atoms with Crippen LogP contribution in [0.4, 0.5) is 0 Å². The molecule has 1 heterocycles. The number of aryl methyl sites for hydroxylation is 2. The molecule has 0 aliphatic carbocycles. The zero-order valence-electron chi connectivity index (χ0n) is 12.1. The van der Waals surface area contributed by atoms with Crippen molar-refractivity contribution in [3.63, 3.8) is 0 Å². The van der Waals surface area contributed by atoms with Crippen molar-refractivity contribution in [2.24, 2.45) is 12.8 Å². The van der Waals surface area contributed by atoms with Crippen molar-refractivity contribution in [2.75, 3.05) is 0 Å². The minimum Gasteiger partial charge on any atom is -0.328 e. The fraction of sp³-hybridized carbons (Fsp3) is 0.800. The maximum Gasteiger partial charge on any atom is 0.0521 e. The Morgan fingerprint density at radius 3 is 2.56 bits per heavy atom. The van der Waals surface area contributed by atoms with Crippen LogP contribution in [-0.2, 0) is 13.5 Å². The number of aromatic nitrogens is 2. The van der Waals surface area contributed by atoms with E-state index >= 15 is 0 Å². The molecule has 0 aliphatic rings. The first-order valence-electron chi connectivity index (χ1n) is 7.45. The van der Waals surface area contributed by atoms with E-state index in [4.69, 9.17) is 5.73 Å². The maximum atomic E-state index is 6.14. The number of nitrogens with zero attached hydrogens (tertiary/aromatic N) is 2. The van der Waals surface area contributed by atoms with E-state index < -0.39 is 0 Å². The van der Waals surface area contributed by atoms with Crippen LogP contribution in [0.2, 0.25) is 0 Å². The van der Waals surface area contributed by atoms with Crippen molar-refractivity contribution in [3.8, 4) is 0 Å². The van der Waals surface area contributed by atoms with Gasteiger partial charge in [-0.15, -0.1) is 0 Å². The SMILES string of the molecule is CCCCCCCCC(N)CCc1cnn(C)c1. The summed E-state index contributed by atoms with van der Waals surface area (Å²) in [5.41, 5.74) is 7.44. The second-order valence-corrected chi connectivity index (χ2v) is 5.38. The first-order valence-corrected chi connectivity index (χ1v) is 7.45. The second kappa shape index (κ2) is 9.15. The topological polar surface area (TPSA) is 43.8 Å². The Labute approximate surface area is 112 Å². The summed E-state index contributed by atoms with van der Waals surface area (Å²) in [5, 5.41) is 4.17. The largest absolute Gasteiger partial charge is 0.328 e. The van der Waals surface area contributed by atoms with Gasteiger partial charge in [0, 0.05) is 19.3 Å². The zero-order chi connectivity index (χ0) is 13.2. The van der Waals surface area contributed by atoms with Crippen LogP contribution in [0.25, 0.3) is 0 Å². The Morgan fingerprint density at radius 2 is 1.89 bits per heavy atom. The van der Waals surface area contributed by atoms with Crippen LogP contribution in [0.1, 0.15) is 63.9 Å². The van der Waals surface area contributed by atoms with Gasteiger partial charge in [-0.2, -0.15) is 5.10 Å². The van der Waals surface area contributed by atoms with Crippen LogP contribution >= 0.6 is 0 Å². The molecule has 3 heteroatoms. The number of rotatable bonds is 10. The predicted molar refractivity (Wildman–Crippen MR) is 77.5 cm³/mol. The van der Waals surface area contributed by atoms with Gasteiger partial charge in [0.1, 0.15) is 0 Å². The highest BCUT2D eigenvalue weighted by atomic mass is 15.2. The smallest absolute Gasteiger partial charge is 0.0521 e. The van der Waals surface area contributed by atoms with Crippen molar-refractivity contribution in [2.45, 2.75) is 70.8 Å². The predicted octanol–water partition coefficient (Wildman–Crippen LogP) is 3.43. The number of hydrogen-bond acceptors (Lipinski definition) is 2. The molecule has 0 aliphatic heterocycles. The minimum absolute atomic E-state index is 0.358. The average molecular weight is 251 g/mol. The normalized spacial score (nSPS) is 12.8. The summed E-state index contributed by atoms with van der Waals surface area (Å²) >= 11 is 0. The van der Waals surface area contributed by atoms with Gasteiger partial charge in [-0.05, 0) is 24.8 Å². The van der Waals surface area contributed by atoms with Gasteiger partial charge in [0.15, 0.2) is 0 Å².